The van der Waals surface area contributed by atoms with Gasteiger partial charge in [0, 0.05) is 18.0 Å². The molecular weight excluding hydrogens is 352 g/mol. The fourth-order valence-corrected chi connectivity index (χ4v) is 2.60. The summed E-state index contributed by atoms with van der Waals surface area (Å²) in [4.78, 5) is 20.9. The molecule has 0 fully saturated rings. The zero-order chi connectivity index (χ0) is 19.2. The molecule has 4 rings (SSSR count). The lowest BCUT2D eigenvalue weighted by Crippen LogP contribution is -2.19. The van der Waals surface area contributed by atoms with Crippen LogP contribution < -0.4 is 5.43 Å². The molecule has 0 saturated heterocycles. The number of hydrogen-bond donors (Lipinski definition) is 1. The predicted octanol–water partition coefficient (Wildman–Crippen LogP) is 3.09. The van der Waals surface area contributed by atoms with Crippen LogP contribution in [0.1, 0.15) is 16.2 Å². The maximum absolute atomic E-state index is 12.5. The third-order valence-electron chi connectivity index (χ3n) is 3.93. The van der Waals surface area contributed by atoms with Crippen LogP contribution in [0.2, 0.25) is 0 Å². The van der Waals surface area contributed by atoms with Gasteiger partial charge in [-0.25, -0.2) is 15.1 Å². The maximum atomic E-state index is 12.5. The van der Waals surface area contributed by atoms with Crippen LogP contribution in [0.5, 0.6) is 0 Å². The summed E-state index contributed by atoms with van der Waals surface area (Å²) >= 11 is 0. The number of benzene rings is 2. The summed E-state index contributed by atoms with van der Waals surface area (Å²) < 4.78 is 1.65. The van der Waals surface area contributed by atoms with Gasteiger partial charge in [0.1, 0.15) is 0 Å². The average molecular weight is 368 g/mol. The lowest BCUT2D eigenvalue weighted by molar-refractivity contribution is 0.0945. The van der Waals surface area contributed by atoms with E-state index in [0.29, 0.717) is 5.82 Å². The molecule has 0 aliphatic carbocycles. The second kappa shape index (κ2) is 8.05. The number of hydrogen-bond acceptors (Lipinski definition) is 5. The Balaban J connectivity index is 1.63. The Morgan fingerprint density at radius 1 is 0.929 bits per heavy atom. The fraction of sp³-hybridized carbons (Fsp3) is 0. The van der Waals surface area contributed by atoms with Crippen molar-refractivity contribution in [3.63, 3.8) is 0 Å². The zero-order valence-electron chi connectivity index (χ0n) is 14.8. The first-order valence-corrected chi connectivity index (χ1v) is 8.62. The second-order valence-corrected chi connectivity index (χ2v) is 5.85. The first-order chi connectivity index (χ1) is 13.8. The summed E-state index contributed by atoms with van der Waals surface area (Å²) in [6, 6.07) is 22.7. The van der Waals surface area contributed by atoms with Gasteiger partial charge in [-0.15, -0.1) is 5.10 Å². The molecule has 2 aromatic heterocycles. The van der Waals surface area contributed by atoms with Crippen molar-refractivity contribution in [2.45, 2.75) is 0 Å². The number of rotatable bonds is 5. The fourth-order valence-electron chi connectivity index (χ4n) is 2.60. The molecule has 0 aliphatic heterocycles. The average Bonchev–Trinajstić information content (AvgIpc) is 3.21. The molecule has 0 radical (unpaired) electrons. The van der Waals surface area contributed by atoms with Crippen LogP contribution in [0.25, 0.3) is 17.1 Å². The van der Waals surface area contributed by atoms with E-state index >= 15 is 0 Å². The van der Waals surface area contributed by atoms with Crippen molar-refractivity contribution in [2.24, 2.45) is 5.10 Å². The van der Waals surface area contributed by atoms with Gasteiger partial charge in [-0.05, 0) is 29.8 Å². The summed E-state index contributed by atoms with van der Waals surface area (Å²) in [6.07, 6.45) is 4.84. The summed E-state index contributed by atoms with van der Waals surface area (Å²) in [6.45, 7) is 0. The van der Waals surface area contributed by atoms with Crippen LogP contribution in [0.15, 0.2) is 90.3 Å². The minimum atomic E-state index is -0.489. The highest BCUT2D eigenvalue weighted by atomic mass is 16.2. The van der Waals surface area contributed by atoms with Gasteiger partial charge in [-0.1, -0.05) is 48.5 Å². The van der Waals surface area contributed by atoms with Gasteiger partial charge in [0.05, 0.1) is 11.9 Å². The molecule has 0 saturated carbocycles. The summed E-state index contributed by atoms with van der Waals surface area (Å²) in [7, 11) is 0. The van der Waals surface area contributed by atoms with Crippen molar-refractivity contribution in [3.05, 3.63) is 96.6 Å². The molecule has 0 aliphatic rings. The highest BCUT2D eigenvalue weighted by Crippen LogP contribution is 2.20. The molecule has 136 valence electrons. The van der Waals surface area contributed by atoms with Crippen molar-refractivity contribution >= 4 is 12.1 Å². The van der Waals surface area contributed by atoms with Crippen LogP contribution in [0, 0.1) is 0 Å². The Morgan fingerprint density at radius 2 is 1.61 bits per heavy atom. The van der Waals surface area contributed by atoms with Crippen molar-refractivity contribution in [2.75, 3.05) is 0 Å². The highest BCUT2D eigenvalue weighted by molar-refractivity contribution is 5.92. The Hall–Kier alpha value is -4.13. The number of carbonyl (C=O) groups excluding carboxylic acids is 1. The Kier molecular flexibility index (Phi) is 4.97. The molecule has 1 amide bonds. The first kappa shape index (κ1) is 17.3. The number of nitrogens with one attached hydrogen (secondary N) is 1. The lowest BCUT2D eigenvalue weighted by atomic mass is 10.2. The maximum Gasteiger partial charge on any atom is 0.311 e. The quantitative estimate of drug-likeness (QED) is 0.433. The molecular formula is C21H16N6O. The van der Waals surface area contributed by atoms with Crippen molar-refractivity contribution in [1.29, 1.82) is 0 Å². The number of nitrogens with zero attached hydrogens (tertiary/aromatic N) is 5. The van der Waals surface area contributed by atoms with Gasteiger partial charge in [0.25, 0.3) is 0 Å². The van der Waals surface area contributed by atoms with E-state index in [9.17, 15) is 4.79 Å². The predicted molar refractivity (Wildman–Crippen MR) is 106 cm³/mol. The minimum absolute atomic E-state index is 0.0367. The molecule has 28 heavy (non-hydrogen) atoms. The van der Waals surface area contributed by atoms with Gasteiger partial charge in [-0.3, -0.25) is 9.78 Å². The largest absolute Gasteiger partial charge is 0.311 e. The van der Waals surface area contributed by atoms with E-state index < -0.39 is 5.91 Å². The van der Waals surface area contributed by atoms with E-state index in [0.717, 1.165) is 16.8 Å². The number of carbonyl (C=O) groups is 1. The molecule has 0 spiro atoms. The molecule has 7 nitrogen and oxygen atoms in total. The normalized spacial score (nSPS) is 10.9. The molecule has 2 aromatic carbocycles. The van der Waals surface area contributed by atoms with Crippen LogP contribution in [-0.4, -0.2) is 31.9 Å². The van der Waals surface area contributed by atoms with E-state index in [2.05, 4.69) is 25.6 Å². The number of hydrazone groups is 1. The standard InChI is InChI=1S/C21H16N6O/c28-21(25-23-15-16-11-13-22-14-12-16)19-24-20(17-7-3-1-4-8-17)27(26-19)18-9-5-2-6-10-18/h1-15H,(H,25,28)/b23-15-. The SMILES string of the molecule is O=C(N/N=C\c1ccncc1)c1nc(-c2ccccc2)n(-c2ccccc2)n1. The highest BCUT2D eigenvalue weighted by Gasteiger charge is 2.18. The summed E-state index contributed by atoms with van der Waals surface area (Å²) in [5.41, 5.74) is 4.96. The van der Waals surface area contributed by atoms with Gasteiger partial charge < -0.3 is 0 Å². The van der Waals surface area contributed by atoms with E-state index in [4.69, 9.17) is 0 Å². The first-order valence-electron chi connectivity index (χ1n) is 8.62. The smallest absolute Gasteiger partial charge is 0.265 e. The molecule has 0 atom stereocenters. The summed E-state index contributed by atoms with van der Waals surface area (Å²) in [5, 5.41) is 8.35. The van der Waals surface area contributed by atoms with Crippen molar-refractivity contribution < 1.29 is 4.79 Å². The topological polar surface area (TPSA) is 85.1 Å². The Labute approximate surface area is 161 Å². The molecule has 7 heteroatoms. The van der Waals surface area contributed by atoms with E-state index in [-0.39, 0.29) is 5.82 Å². The van der Waals surface area contributed by atoms with Crippen LogP contribution in [0.3, 0.4) is 0 Å². The summed E-state index contributed by atoms with van der Waals surface area (Å²) in [5.74, 6) is 0.127. The monoisotopic (exact) mass is 368 g/mol. The second-order valence-electron chi connectivity index (χ2n) is 5.85. The van der Waals surface area contributed by atoms with Crippen LogP contribution >= 0.6 is 0 Å². The molecule has 1 N–H and O–H groups in total. The Morgan fingerprint density at radius 3 is 2.32 bits per heavy atom. The number of amides is 1. The zero-order valence-corrected chi connectivity index (χ0v) is 14.8. The van der Waals surface area contributed by atoms with E-state index in [1.165, 1.54) is 6.21 Å². The van der Waals surface area contributed by atoms with Gasteiger partial charge >= 0.3 is 5.91 Å². The third-order valence-corrected chi connectivity index (χ3v) is 3.93. The minimum Gasteiger partial charge on any atom is -0.265 e. The Bertz CT molecular complexity index is 1030. The van der Waals surface area contributed by atoms with E-state index in [1.807, 2.05) is 60.7 Å². The number of para-hydroxylation sites is 1. The third kappa shape index (κ3) is 3.83. The van der Waals surface area contributed by atoms with Crippen LogP contribution in [0.4, 0.5) is 0 Å². The van der Waals surface area contributed by atoms with Gasteiger partial charge in [0.2, 0.25) is 5.82 Å². The molecule has 2 heterocycles. The number of pyridine rings is 1. The van der Waals surface area contributed by atoms with Gasteiger partial charge in [-0.2, -0.15) is 5.10 Å². The lowest BCUT2D eigenvalue weighted by Gasteiger charge is -2.05. The molecule has 0 unspecified atom stereocenters. The molecule has 0 bridgehead atoms. The van der Waals surface area contributed by atoms with Gasteiger partial charge in [0.15, 0.2) is 5.82 Å². The van der Waals surface area contributed by atoms with Crippen LogP contribution in [-0.2, 0) is 0 Å². The molecule has 4 aromatic rings. The number of aromatic nitrogens is 4. The van der Waals surface area contributed by atoms with Crippen molar-refractivity contribution in [3.8, 4) is 17.1 Å². The van der Waals surface area contributed by atoms with Crippen molar-refractivity contribution in [1.82, 2.24) is 25.2 Å². The van der Waals surface area contributed by atoms with E-state index in [1.54, 1.807) is 29.2 Å².